The molecule has 0 unspecified atom stereocenters. The van der Waals surface area contributed by atoms with Crippen LogP contribution in [0.5, 0.6) is 0 Å². The Balaban J connectivity index is 2.11. The zero-order valence-corrected chi connectivity index (χ0v) is 9.42. The molecule has 2 heterocycles. The monoisotopic (exact) mass is 255 g/mol. The van der Waals surface area contributed by atoms with E-state index in [9.17, 15) is 4.79 Å². The van der Waals surface area contributed by atoms with Crippen LogP contribution in [0, 0.1) is 0 Å². The third-order valence-corrected chi connectivity index (χ3v) is 2.51. The van der Waals surface area contributed by atoms with Crippen molar-refractivity contribution in [1.82, 2.24) is 15.2 Å². The fourth-order valence-corrected chi connectivity index (χ4v) is 1.57. The number of aromatic nitrogens is 3. The van der Waals surface area contributed by atoms with E-state index in [2.05, 4.69) is 20.5 Å². The van der Waals surface area contributed by atoms with Gasteiger partial charge in [0.15, 0.2) is 0 Å². The van der Waals surface area contributed by atoms with Gasteiger partial charge in [0.2, 0.25) is 10.3 Å². The van der Waals surface area contributed by atoms with E-state index in [0.717, 1.165) is 11.3 Å². The highest BCUT2D eigenvalue weighted by Gasteiger charge is 2.10. The Morgan fingerprint density at radius 2 is 2.25 bits per heavy atom. The van der Waals surface area contributed by atoms with Gasteiger partial charge in [0.1, 0.15) is 5.69 Å². The number of carbonyl (C=O) groups is 1. The zero-order valence-electron chi connectivity index (χ0n) is 7.85. The molecule has 2 aromatic rings. The molecule has 0 saturated heterocycles. The highest BCUT2D eigenvalue weighted by Crippen LogP contribution is 2.17. The van der Waals surface area contributed by atoms with E-state index >= 15 is 0 Å². The van der Waals surface area contributed by atoms with Crippen LogP contribution in [-0.4, -0.2) is 21.1 Å². The van der Waals surface area contributed by atoms with E-state index in [-0.39, 0.29) is 11.6 Å². The smallest absolute Gasteiger partial charge is 0.276 e. The SMILES string of the molecule is Nc1nnc(NC(=O)c2ccc(Cl)cn2)s1. The molecule has 8 heteroatoms. The molecular formula is C8H6ClN5OS. The molecule has 0 aliphatic heterocycles. The molecule has 6 nitrogen and oxygen atoms in total. The van der Waals surface area contributed by atoms with Crippen LogP contribution in [0.3, 0.4) is 0 Å². The van der Waals surface area contributed by atoms with Crippen molar-refractivity contribution >= 4 is 39.1 Å². The normalized spacial score (nSPS) is 10.1. The van der Waals surface area contributed by atoms with Crippen LogP contribution in [-0.2, 0) is 0 Å². The number of nitrogens with zero attached hydrogens (tertiary/aromatic N) is 3. The lowest BCUT2D eigenvalue weighted by molar-refractivity contribution is 0.102. The summed E-state index contributed by atoms with van der Waals surface area (Å²) in [5.74, 6) is -0.382. The maximum absolute atomic E-state index is 11.6. The summed E-state index contributed by atoms with van der Waals surface area (Å²) in [5.41, 5.74) is 5.62. The molecule has 0 spiro atoms. The number of rotatable bonds is 2. The maximum Gasteiger partial charge on any atom is 0.276 e. The third-order valence-electron chi connectivity index (χ3n) is 1.62. The van der Waals surface area contributed by atoms with Crippen molar-refractivity contribution in [2.45, 2.75) is 0 Å². The van der Waals surface area contributed by atoms with Crippen LogP contribution in [0.1, 0.15) is 10.5 Å². The summed E-state index contributed by atoms with van der Waals surface area (Å²) in [7, 11) is 0. The summed E-state index contributed by atoms with van der Waals surface area (Å²) in [6, 6.07) is 3.10. The van der Waals surface area contributed by atoms with Gasteiger partial charge in [0, 0.05) is 6.20 Å². The Morgan fingerprint density at radius 3 is 2.81 bits per heavy atom. The van der Waals surface area contributed by atoms with Crippen molar-refractivity contribution < 1.29 is 4.79 Å². The third kappa shape index (κ3) is 2.44. The minimum atomic E-state index is -0.382. The molecule has 82 valence electrons. The predicted octanol–water partition coefficient (Wildman–Crippen LogP) is 1.42. The Labute approximate surface area is 99.5 Å². The molecular weight excluding hydrogens is 250 g/mol. The van der Waals surface area contributed by atoms with Gasteiger partial charge in [-0.05, 0) is 12.1 Å². The van der Waals surface area contributed by atoms with E-state index in [0.29, 0.717) is 15.3 Å². The summed E-state index contributed by atoms with van der Waals surface area (Å²) in [4.78, 5) is 15.5. The Hall–Kier alpha value is -1.73. The number of nitrogen functional groups attached to an aromatic ring is 1. The van der Waals surface area contributed by atoms with Gasteiger partial charge in [-0.3, -0.25) is 10.1 Å². The first-order valence-electron chi connectivity index (χ1n) is 4.17. The van der Waals surface area contributed by atoms with Crippen molar-refractivity contribution in [2.75, 3.05) is 11.1 Å². The average Bonchev–Trinajstić information content (AvgIpc) is 2.65. The molecule has 0 atom stereocenters. The Kier molecular flexibility index (Phi) is 2.97. The zero-order chi connectivity index (χ0) is 11.5. The van der Waals surface area contributed by atoms with Gasteiger partial charge in [-0.15, -0.1) is 10.2 Å². The molecule has 3 N–H and O–H groups in total. The van der Waals surface area contributed by atoms with E-state index in [1.807, 2.05) is 0 Å². The van der Waals surface area contributed by atoms with E-state index < -0.39 is 0 Å². The first-order chi connectivity index (χ1) is 7.65. The second-order valence-electron chi connectivity index (χ2n) is 2.76. The number of amides is 1. The number of nitrogens with one attached hydrogen (secondary N) is 1. The second-order valence-corrected chi connectivity index (χ2v) is 4.21. The number of halogens is 1. The lowest BCUT2D eigenvalue weighted by Gasteiger charge is -1.99. The van der Waals surface area contributed by atoms with E-state index in [4.69, 9.17) is 17.3 Å². The molecule has 1 amide bonds. The topological polar surface area (TPSA) is 93.8 Å². The highest BCUT2D eigenvalue weighted by molar-refractivity contribution is 7.19. The van der Waals surface area contributed by atoms with Crippen LogP contribution >= 0.6 is 22.9 Å². The number of nitrogens with two attached hydrogens (primary N) is 1. The number of hydrogen-bond acceptors (Lipinski definition) is 6. The van der Waals surface area contributed by atoms with Crippen LogP contribution in [0.2, 0.25) is 5.02 Å². The lowest BCUT2D eigenvalue weighted by Crippen LogP contribution is -2.13. The summed E-state index contributed by atoms with van der Waals surface area (Å²) >= 11 is 6.73. The number of anilines is 2. The van der Waals surface area contributed by atoms with Crippen molar-refractivity contribution in [2.24, 2.45) is 0 Å². The first kappa shape index (κ1) is 10.8. The largest absolute Gasteiger partial charge is 0.374 e. The molecule has 0 bridgehead atoms. The molecule has 2 rings (SSSR count). The molecule has 0 radical (unpaired) electrons. The molecule has 0 aliphatic carbocycles. The minimum absolute atomic E-state index is 0.248. The summed E-state index contributed by atoms with van der Waals surface area (Å²) in [6.07, 6.45) is 1.39. The van der Waals surface area contributed by atoms with E-state index in [1.165, 1.54) is 12.3 Å². The fraction of sp³-hybridized carbons (Fsp3) is 0. The first-order valence-corrected chi connectivity index (χ1v) is 5.36. The van der Waals surface area contributed by atoms with Crippen molar-refractivity contribution in [3.8, 4) is 0 Å². The Bertz CT molecular complexity index is 511. The quantitative estimate of drug-likeness (QED) is 0.846. The summed E-state index contributed by atoms with van der Waals surface area (Å²) in [6.45, 7) is 0. The molecule has 0 saturated carbocycles. The average molecular weight is 256 g/mol. The number of carbonyl (C=O) groups excluding carboxylic acids is 1. The fourth-order valence-electron chi connectivity index (χ4n) is 0.956. The molecule has 0 fully saturated rings. The molecule has 0 aromatic carbocycles. The van der Waals surface area contributed by atoms with Gasteiger partial charge in [-0.2, -0.15) is 0 Å². The van der Waals surface area contributed by atoms with Crippen molar-refractivity contribution in [1.29, 1.82) is 0 Å². The van der Waals surface area contributed by atoms with Gasteiger partial charge in [0.05, 0.1) is 5.02 Å². The van der Waals surface area contributed by atoms with Crippen molar-refractivity contribution in [3.05, 3.63) is 29.0 Å². The highest BCUT2D eigenvalue weighted by atomic mass is 35.5. The Morgan fingerprint density at radius 1 is 1.44 bits per heavy atom. The second kappa shape index (κ2) is 4.42. The van der Waals surface area contributed by atoms with Crippen LogP contribution in [0.4, 0.5) is 10.3 Å². The van der Waals surface area contributed by atoms with Gasteiger partial charge in [0.25, 0.3) is 5.91 Å². The number of hydrogen-bond donors (Lipinski definition) is 2. The van der Waals surface area contributed by atoms with Gasteiger partial charge in [-0.1, -0.05) is 22.9 Å². The van der Waals surface area contributed by atoms with Gasteiger partial charge in [-0.25, -0.2) is 4.98 Å². The van der Waals surface area contributed by atoms with Gasteiger partial charge < -0.3 is 5.73 Å². The predicted molar refractivity (Wildman–Crippen MR) is 61.5 cm³/mol. The summed E-state index contributed by atoms with van der Waals surface area (Å²) < 4.78 is 0. The molecule has 16 heavy (non-hydrogen) atoms. The molecule has 0 aliphatic rings. The lowest BCUT2D eigenvalue weighted by atomic mass is 10.3. The van der Waals surface area contributed by atoms with E-state index in [1.54, 1.807) is 6.07 Å². The van der Waals surface area contributed by atoms with Crippen LogP contribution < -0.4 is 11.1 Å². The standard InChI is InChI=1S/C8H6ClN5OS/c9-4-1-2-5(11-3-4)6(15)12-8-14-13-7(10)16-8/h1-3H,(H2,10,13)(H,12,14,15). The van der Waals surface area contributed by atoms with Gasteiger partial charge >= 0.3 is 0 Å². The van der Waals surface area contributed by atoms with Crippen molar-refractivity contribution in [3.63, 3.8) is 0 Å². The number of pyridine rings is 1. The molecule has 2 aromatic heterocycles. The maximum atomic E-state index is 11.6. The minimum Gasteiger partial charge on any atom is -0.374 e. The summed E-state index contributed by atoms with van der Waals surface area (Å²) in [5, 5.41) is 10.8. The van der Waals surface area contributed by atoms with Crippen LogP contribution in [0.15, 0.2) is 18.3 Å². The van der Waals surface area contributed by atoms with Crippen LogP contribution in [0.25, 0.3) is 0 Å².